The summed E-state index contributed by atoms with van der Waals surface area (Å²) < 4.78 is 43.3. The van der Waals surface area contributed by atoms with E-state index in [1.54, 1.807) is 0 Å². The average molecular weight is 293 g/mol. The number of ether oxygens (including phenoxy) is 1. The van der Waals surface area contributed by atoms with Crippen LogP contribution in [-0.4, -0.2) is 6.54 Å². The van der Waals surface area contributed by atoms with E-state index in [-0.39, 0.29) is 0 Å². The van der Waals surface area contributed by atoms with Gasteiger partial charge >= 0.3 is 6.18 Å². The Kier molecular flexibility index (Phi) is 3.59. The molecule has 21 heavy (non-hydrogen) atoms. The molecule has 0 spiro atoms. The van der Waals surface area contributed by atoms with Crippen LogP contribution in [0.1, 0.15) is 16.7 Å². The Bertz CT molecular complexity index is 635. The molecule has 0 aromatic heterocycles. The number of alkyl halides is 3. The van der Waals surface area contributed by atoms with Gasteiger partial charge in [0.1, 0.15) is 11.5 Å². The molecule has 5 heteroatoms. The lowest BCUT2D eigenvalue weighted by molar-refractivity contribution is -0.137. The zero-order valence-electron chi connectivity index (χ0n) is 11.2. The van der Waals surface area contributed by atoms with Crippen molar-refractivity contribution in [2.75, 3.05) is 6.54 Å². The molecule has 0 amide bonds. The van der Waals surface area contributed by atoms with Crippen molar-refractivity contribution >= 4 is 0 Å². The Morgan fingerprint density at radius 3 is 2.48 bits per heavy atom. The highest BCUT2D eigenvalue weighted by Crippen LogP contribution is 2.33. The fourth-order valence-electron chi connectivity index (χ4n) is 2.43. The highest BCUT2D eigenvalue weighted by molar-refractivity contribution is 5.44. The predicted molar refractivity (Wildman–Crippen MR) is 73.4 cm³/mol. The second-order valence-electron chi connectivity index (χ2n) is 4.94. The van der Waals surface area contributed by atoms with Crippen molar-refractivity contribution in [1.82, 2.24) is 5.32 Å². The molecular weight excluding hydrogens is 279 g/mol. The van der Waals surface area contributed by atoms with Crippen LogP contribution in [0.5, 0.6) is 11.5 Å². The molecule has 1 aliphatic rings. The van der Waals surface area contributed by atoms with Crippen LogP contribution in [-0.2, 0) is 19.1 Å². The number of hydrogen-bond donors (Lipinski definition) is 1. The van der Waals surface area contributed by atoms with Crippen molar-refractivity contribution in [2.45, 2.75) is 19.1 Å². The molecule has 0 saturated heterocycles. The largest absolute Gasteiger partial charge is 0.457 e. The fourth-order valence-corrected chi connectivity index (χ4v) is 2.43. The molecule has 1 aliphatic heterocycles. The van der Waals surface area contributed by atoms with Crippen LogP contribution < -0.4 is 10.1 Å². The Hall–Kier alpha value is -2.01. The third kappa shape index (κ3) is 3.03. The summed E-state index contributed by atoms with van der Waals surface area (Å²) in [6.07, 6.45) is -3.47. The minimum atomic E-state index is -4.32. The van der Waals surface area contributed by atoms with E-state index in [4.69, 9.17) is 4.74 Å². The van der Waals surface area contributed by atoms with Crippen molar-refractivity contribution in [3.05, 3.63) is 59.2 Å². The average Bonchev–Trinajstić information content (AvgIpc) is 2.47. The van der Waals surface area contributed by atoms with E-state index < -0.39 is 11.7 Å². The second kappa shape index (κ2) is 5.41. The first-order valence-corrected chi connectivity index (χ1v) is 6.70. The van der Waals surface area contributed by atoms with E-state index in [0.29, 0.717) is 11.5 Å². The topological polar surface area (TPSA) is 21.3 Å². The molecule has 0 radical (unpaired) electrons. The van der Waals surface area contributed by atoms with Crippen LogP contribution in [0.4, 0.5) is 13.2 Å². The molecule has 0 saturated carbocycles. The maximum Gasteiger partial charge on any atom is 0.416 e. The Labute approximate surface area is 120 Å². The van der Waals surface area contributed by atoms with Gasteiger partial charge in [-0.25, -0.2) is 0 Å². The van der Waals surface area contributed by atoms with Gasteiger partial charge in [0.25, 0.3) is 0 Å². The van der Waals surface area contributed by atoms with Gasteiger partial charge in [-0.15, -0.1) is 0 Å². The summed E-state index contributed by atoms with van der Waals surface area (Å²) in [4.78, 5) is 0. The summed E-state index contributed by atoms with van der Waals surface area (Å²) in [7, 11) is 0. The van der Waals surface area contributed by atoms with Gasteiger partial charge in [-0.2, -0.15) is 13.2 Å². The van der Waals surface area contributed by atoms with Gasteiger partial charge in [0.2, 0.25) is 0 Å². The van der Waals surface area contributed by atoms with E-state index >= 15 is 0 Å². The molecule has 0 atom stereocenters. The third-order valence-corrected chi connectivity index (χ3v) is 3.51. The lowest BCUT2D eigenvalue weighted by Crippen LogP contribution is -2.23. The number of nitrogens with one attached hydrogen (secondary N) is 1. The Morgan fingerprint density at radius 1 is 1.00 bits per heavy atom. The first kappa shape index (κ1) is 13.9. The van der Waals surface area contributed by atoms with Crippen LogP contribution in [0.15, 0.2) is 42.5 Å². The van der Waals surface area contributed by atoms with Gasteiger partial charge < -0.3 is 10.1 Å². The van der Waals surface area contributed by atoms with Gasteiger partial charge in [-0.3, -0.25) is 0 Å². The molecule has 0 fully saturated rings. The first-order valence-electron chi connectivity index (χ1n) is 6.70. The zero-order valence-corrected chi connectivity index (χ0v) is 11.2. The van der Waals surface area contributed by atoms with Crippen molar-refractivity contribution in [1.29, 1.82) is 0 Å². The lowest BCUT2D eigenvalue weighted by Gasteiger charge is -2.20. The highest BCUT2D eigenvalue weighted by Gasteiger charge is 2.30. The van der Waals surface area contributed by atoms with Gasteiger partial charge in [0.15, 0.2) is 0 Å². The van der Waals surface area contributed by atoms with Crippen LogP contribution in [0.25, 0.3) is 0 Å². The fraction of sp³-hybridized carbons (Fsp3) is 0.250. The summed E-state index contributed by atoms with van der Waals surface area (Å²) in [6, 6.07) is 10.5. The van der Waals surface area contributed by atoms with Crippen LogP contribution in [0.3, 0.4) is 0 Å². The quantitative estimate of drug-likeness (QED) is 0.898. The Morgan fingerprint density at radius 2 is 1.76 bits per heavy atom. The highest BCUT2D eigenvalue weighted by atomic mass is 19.4. The van der Waals surface area contributed by atoms with Crippen molar-refractivity contribution in [3.8, 4) is 11.5 Å². The maximum atomic E-state index is 12.5. The Balaban J connectivity index is 1.84. The SMILES string of the molecule is FC(F)(F)c1ccc(Oc2cccc3c2CCNC3)cc1. The minimum absolute atomic E-state index is 0.412. The maximum absolute atomic E-state index is 12.5. The van der Waals surface area contributed by atoms with E-state index in [0.717, 1.165) is 37.2 Å². The van der Waals surface area contributed by atoms with Crippen molar-refractivity contribution < 1.29 is 17.9 Å². The summed E-state index contributed by atoms with van der Waals surface area (Å²) in [5.74, 6) is 1.13. The summed E-state index contributed by atoms with van der Waals surface area (Å²) in [5, 5.41) is 3.28. The van der Waals surface area contributed by atoms with Crippen LogP contribution in [0, 0.1) is 0 Å². The molecule has 0 bridgehead atoms. The standard InChI is InChI=1S/C16H14F3NO/c17-16(18,19)12-4-6-13(7-5-12)21-15-3-1-2-11-10-20-9-8-14(11)15/h1-7,20H,8-10H2. The summed E-state index contributed by atoms with van der Waals surface area (Å²) in [6.45, 7) is 1.67. The molecule has 2 nitrogen and oxygen atoms in total. The van der Waals surface area contributed by atoms with Crippen molar-refractivity contribution in [2.24, 2.45) is 0 Å². The molecular formula is C16H14F3NO. The van der Waals surface area contributed by atoms with Gasteiger partial charge in [-0.05, 0) is 48.9 Å². The number of benzene rings is 2. The molecule has 3 rings (SSSR count). The third-order valence-electron chi connectivity index (χ3n) is 3.51. The predicted octanol–water partition coefficient (Wildman–Crippen LogP) is 4.14. The number of halogens is 3. The normalized spacial score (nSPS) is 14.6. The van der Waals surface area contributed by atoms with Crippen LogP contribution >= 0.6 is 0 Å². The van der Waals surface area contributed by atoms with Gasteiger partial charge in [0.05, 0.1) is 5.56 Å². The monoisotopic (exact) mass is 293 g/mol. The zero-order chi connectivity index (χ0) is 14.9. The second-order valence-corrected chi connectivity index (χ2v) is 4.94. The molecule has 2 aromatic carbocycles. The molecule has 110 valence electrons. The first-order chi connectivity index (χ1) is 10.0. The van der Waals surface area contributed by atoms with E-state index in [1.807, 2.05) is 18.2 Å². The number of fused-ring (bicyclic) bond motifs is 1. The van der Waals surface area contributed by atoms with Gasteiger partial charge in [0, 0.05) is 12.1 Å². The van der Waals surface area contributed by atoms with Crippen LogP contribution in [0.2, 0.25) is 0 Å². The molecule has 1 heterocycles. The smallest absolute Gasteiger partial charge is 0.416 e. The number of hydrogen-bond acceptors (Lipinski definition) is 2. The van der Waals surface area contributed by atoms with Gasteiger partial charge in [-0.1, -0.05) is 12.1 Å². The summed E-state index contributed by atoms with van der Waals surface area (Å²) >= 11 is 0. The minimum Gasteiger partial charge on any atom is -0.457 e. The molecule has 2 aromatic rings. The van der Waals surface area contributed by atoms with E-state index in [1.165, 1.54) is 17.7 Å². The molecule has 0 aliphatic carbocycles. The van der Waals surface area contributed by atoms with Crippen molar-refractivity contribution in [3.63, 3.8) is 0 Å². The van der Waals surface area contributed by atoms with E-state index in [2.05, 4.69) is 5.32 Å². The lowest BCUT2D eigenvalue weighted by atomic mass is 10.0. The molecule has 1 N–H and O–H groups in total. The summed E-state index contributed by atoms with van der Waals surface area (Å²) in [5.41, 5.74) is 1.62. The molecule has 0 unspecified atom stereocenters. The van der Waals surface area contributed by atoms with E-state index in [9.17, 15) is 13.2 Å². The number of rotatable bonds is 2.